The molecule has 0 amide bonds. The minimum Gasteiger partial charge on any atom is -0.507 e. The van der Waals surface area contributed by atoms with Gasteiger partial charge in [0.15, 0.2) is 0 Å². The Morgan fingerprint density at radius 3 is 0.929 bits per heavy atom. The number of rotatable bonds is 9. The lowest BCUT2D eigenvalue weighted by Crippen LogP contribution is -2.02. The normalized spacial score (nSPS) is 11.8. The molecular weight excluding hydrogens is 689 g/mol. The summed E-state index contributed by atoms with van der Waals surface area (Å²) in [6, 6.07) is 42.0. The van der Waals surface area contributed by atoms with Gasteiger partial charge in [-0.15, -0.1) is 0 Å². The summed E-state index contributed by atoms with van der Waals surface area (Å²) in [6.45, 7) is 13.8. The second-order valence-electron chi connectivity index (χ2n) is 15.7. The highest BCUT2D eigenvalue weighted by atomic mass is 16.3. The Balaban J connectivity index is 1.21. The summed E-state index contributed by atoms with van der Waals surface area (Å²) in [6.07, 6.45) is 1.15. The Morgan fingerprint density at radius 1 is 0.339 bits per heavy atom. The standard InChI is InChI=1S/C52H50O4/c1-30-20-44(21-31(2)49(30)53)40-12-8-37(9-13-40)26-47-28-43(36(7)39-16-18-42(19-17-39)46-24-34(5)51(55)35(6)25-46)29-48(52(47)56)27-38-10-14-41(15-11-38)45-22-32(3)50(54)33(4)23-45/h8-25,28-29,36,53-56H,26-27H2,1-7H3. The molecule has 4 N–H and O–H groups in total. The summed E-state index contributed by atoms with van der Waals surface area (Å²) >= 11 is 0. The molecule has 0 aliphatic heterocycles. The first-order valence-corrected chi connectivity index (χ1v) is 19.3. The summed E-state index contributed by atoms with van der Waals surface area (Å²) in [7, 11) is 0. The molecule has 0 saturated heterocycles. The first kappa shape index (κ1) is 38.0. The van der Waals surface area contributed by atoms with Crippen molar-refractivity contribution in [1.29, 1.82) is 0 Å². The van der Waals surface area contributed by atoms with Crippen molar-refractivity contribution in [2.45, 2.75) is 67.2 Å². The van der Waals surface area contributed by atoms with Crippen LogP contribution in [0, 0.1) is 41.5 Å². The van der Waals surface area contributed by atoms with Crippen LogP contribution in [-0.4, -0.2) is 20.4 Å². The summed E-state index contributed by atoms with van der Waals surface area (Å²) in [5, 5.41) is 42.8. The number of phenolic OH excluding ortho intramolecular Hbond substituents is 4. The minimum absolute atomic E-state index is 0.0668. The third-order valence-electron chi connectivity index (χ3n) is 11.4. The smallest absolute Gasteiger partial charge is 0.122 e. The van der Waals surface area contributed by atoms with E-state index >= 15 is 0 Å². The third-order valence-corrected chi connectivity index (χ3v) is 11.4. The van der Waals surface area contributed by atoms with Crippen LogP contribution < -0.4 is 0 Å². The highest BCUT2D eigenvalue weighted by Gasteiger charge is 2.18. The Morgan fingerprint density at radius 2 is 0.625 bits per heavy atom. The number of hydrogen-bond donors (Lipinski definition) is 4. The van der Waals surface area contributed by atoms with E-state index in [1.807, 2.05) is 77.9 Å². The van der Waals surface area contributed by atoms with Crippen molar-refractivity contribution in [1.82, 2.24) is 0 Å². The second-order valence-corrected chi connectivity index (χ2v) is 15.7. The van der Waals surface area contributed by atoms with E-state index in [0.717, 1.165) is 94.6 Å². The molecule has 56 heavy (non-hydrogen) atoms. The number of benzene rings is 7. The van der Waals surface area contributed by atoms with E-state index in [2.05, 4.69) is 91.9 Å². The van der Waals surface area contributed by atoms with E-state index in [0.29, 0.717) is 35.8 Å². The fourth-order valence-corrected chi connectivity index (χ4v) is 7.90. The predicted molar refractivity (Wildman–Crippen MR) is 230 cm³/mol. The first-order chi connectivity index (χ1) is 26.7. The van der Waals surface area contributed by atoms with Gasteiger partial charge in [-0.1, -0.05) is 91.9 Å². The number of aromatic hydroxyl groups is 4. The average molecular weight is 739 g/mol. The molecule has 0 spiro atoms. The van der Waals surface area contributed by atoms with Gasteiger partial charge in [-0.25, -0.2) is 0 Å². The van der Waals surface area contributed by atoms with Crippen molar-refractivity contribution in [3.8, 4) is 56.4 Å². The molecule has 0 saturated carbocycles. The molecule has 282 valence electrons. The third kappa shape index (κ3) is 7.79. The van der Waals surface area contributed by atoms with Crippen molar-refractivity contribution in [3.63, 3.8) is 0 Å². The average Bonchev–Trinajstić information content (AvgIpc) is 3.19. The van der Waals surface area contributed by atoms with Crippen molar-refractivity contribution in [2.24, 2.45) is 0 Å². The molecule has 4 heteroatoms. The van der Waals surface area contributed by atoms with E-state index in [9.17, 15) is 20.4 Å². The van der Waals surface area contributed by atoms with Crippen molar-refractivity contribution in [2.75, 3.05) is 0 Å². The first-order valence-electron chi connectivity index (χ1n) is 19.3. The van der Waals surface area contributed by atoms with E-state index in [1.54, 1.807) is 0 Å². The zero-order valence-corrected chi connectivity index (χ0v) is 33.3. The SMILES string of the molecule is Cc1cc(-c2ccc(Cc3cc(C(C)c4ccc(-c5cc(C)c(O)c(C)c5)cc4)cc(Cc4ccc(-c5cc(C)c(O)c(C)c5)cc4)c3O)cc2)cc(C)c1O. The Bertz CT molecular complexity index is 2370. The van der Waals surface area contributed by atoms with Crippen LogP contribution in [0.25, 0.3) is 33.4 Å². The second kappa shape index (κ2) is 15.5. The molecule has 0 aromatic heterocycles. The van der Waals surface area contributed by atoms with Crippen molar-refractivity contribution in [3.05, 3.63) is 188 Å². The Kier molecular flexibility index (Phi) is 10.5. The van der Waals surface area contributed by atoms with E-state index < -0.39 is 0 Å². The predicted octanol–water partition coefficient (Wildman–Crippen LogP) is 12.7. The van der Waals surface area contributed by atoms with E-state index in [4.69, 9.17) is 0 Å². The molecule has 0 fully saturated rings. The summed E-state index contributed by atoms with van der Waals surface area (Å²) < 4.78 is 0. The lowest BCUT2D eigenvalue weighted by atomic mass is 9.86. The summed E-state index contributed by atoms with van der Waals surface area (Å²) in [5.41, 5.74) is 17.9. The van der Waals surface area contributed by atoms with Crippen LogP contribution in [0.2, 0.25) is 0 Å². The summed E-state index contributed by atoms with van der Waals surface area (Å²) in [4.78, 5) is 0. The van der Waals surface area contributed by atoms with E-state index in [-0.39, 0.29) is 5.92 Å². The highest BCUT2D eigenvalue weighted by molar-refractivity contribution is 5.70. The van der Waals surface area contributed by atoms with Gasteiger partial charge in [-0.05, 0) is 178 Å². The molecule has 0 aliphatic carbocycles. The van der Waals surface area contributed by atoms with Gasteiger partial charge in [-0.3, -0.25) is 0 Å². The number of aryl methyl sites for hydroxylation is 6. The van der Waals surface area contributed by atoms with E-state index in [1.165, 1.54) is 5.56 Å². The highest BCUT2D eigenvalue weighted by Crippen LogP contribution is 2.37. The zero-order chi connectivity index (χ0) is 39.8. The molecular formula is C52H50O4. The largest absolute Gasteiger partial charge is 0.507 e. The van der Waals surface area contributed by atoms with Crippen molar-refractivity contribution < 1.29 is 20.4 Å². The lowest BCUT2D eigenvalue weighted by Gasteiger charge is -2.19. The van der Waals surface area contributed by atoms with Crippen LogP contribution in [0.5, 0.6) is 23.0 Å². The van der Waals surface area contributed by atoms with Crippen LogP contribution in [0.15, 0.2) is 121 Å². The van der Waals surface area contributed by atoms with Crippen LogP contribution in [0.4, 0.5) is 0 Å². The molecule has 1 atom stereocenters. The van der Waals surface area contributed by atoms with Crippen LogP contribution in [0.1, 0.15) is 79.6 Å². The quantitative estimate of drug-likeness (QED) is 0.119. The molecule has 7 aromatic carbocycles. The summed E-state index contributed by atoms with van der Waals surface area (Å²) in [5.74, 6) is 1.40. The molecule has 0 bridgehead atoms. The van der Waals surface area contributed by atoms with Gasteiger partial charge in [0.05, 0.1) is 0 Å². The van der Waals surface area contributed by atoms with Crippen LogP contribution in [0.3, 0.4) is 0 Å². The van der Waals surface area contributed by atoms with Gasteiger partial charge in [0, 0.05) is 18.8 Å². The molecule has 0 aliphatic rings. The van der Waals surface area contributed by atoms with Crippen LogP contribution in [-0.2, 0) is 12.8 Å². The number of phenols is 4. The fraction of sp³-hybridized carbons (Fsp3) is 0.192. The molecule has 1 unspecified atom stereocenters. The van der Waals surface area contributed by atoms with Crippen LogP contribution >= 0.6 is 0 Å². The molecule has 4 nitrogen and oxygen atoms in total. The van der Waals surface area contributed by atoms with Gasteiger partial charge >= 0.3 is 0 Å². The van der Waals surface area contributed by atoms with Gasteiger partial charge in [0.1, 0.15) is 23.0 Å². The minimum atomic E-state index is 0.0668. The van der Waals surface area contributed by atoms with Gasteiger partial charge in [0.2, 0.25) is 0 Å². The maximum Gasteiger partial charge on any atom is 0.122 e. The number of hydrogen-bond acceptors (Lipinski definition) is 4. The zero-order valence-electron chi connectivity index (χ0n) is 33.3. The van der Waals surface area contributed by atoms with Gasteiger partial charge in [-0.2, -0.15) is 0 Å². The lowest BCUT2D eigenvalue weighted by molar-refractivity contribution is 0.463. The van der Waals surface area contributed by atoms with Gasteiger partial charge < -0.3 is 20.4 Å². The Hall–Kier alpha value is -6.26. The maximum atomic E-state index is 11.9. The molecule has 0 heterocycles. The fourth-order valence-electron chi connectivity index (χ4n) is 7.90. The topological polar surface area (TPSA) is 80.9 Å². The molecule has 7 rings (SSSR count). The van der Waals surface area contributed by atoms with Gasteiger partial charge in [0.25, 0.3) is 0 Å². The molecule has 7 aromatic rings. The Labute approximate surface area is 331 Å². The monoisotopic (exact) mass is 738 g/mol. The maximum absolute atomic E-state index is 11.9. The molecule has 0 radical (unpaired) electrons. The van der Waals surface area contributed by atoms with Crippen molar-refractivity contribution >= 4 is 0 Å².